The Morgan fingerprint density at radius 3 is 2.44 bits per heavy atom. The van der Waals surface area contributed by atoms with E-state index in [2.05, 4.69) is 0 Å². The minimum Gasteiger partial charge on any atom is -0.507 e. The van der Waals surface area contributed by atoms with E-state index >= 15 is 0 Å². The third-order valence-electron chi connectivity index (χ3n) is 7.31. The highest BCUT2D eigenvalue weighted by atomic mass is 127. The lowest BCUT2D eigenvalue weighted by molar-refractivity contribution is -0.198. The molecule has 0 aliphatic heterocycles. The van der Waals surface area contributed by atoms with E-state index < -0.39 is 82.7 Å². The van der Waals surface area contributed by atoms with Crippen LogP contribution in [0.3, 0.4) is 0 Å². The van der Waals surface area contributed by atoms with Crippen LogP contribution in [0.4, 0.5) is 0 Å². The second kappa shape index (κ2) is 8.22. The number of aromatic hydroxyl groups is 1. The highest BCUT2D eigenvalue weighted by Crippen LogP contribution is 2.55. The standard InChI is InChI=1S/C23H22INO9/c1-3-12(28)34-19-8-6-11(27)16(22(25)32)20(30)23(8,33)21(31)17-14(19)7(2)13-9(24)4-5-10(26)15(13)18(17)29/h4-5,7-8,14,16-17,19,26,33H,3,6H2,1-2H3,(H2,25,32)/t7-,8+,14+,16?,17?,19+,23+/m0/s1. The summed E-state index contributed by atoms with van der Waals surface area (Å²) in [5.74, 6) is -13.5. The number of esters is 1. The number of hydrogen-bond acceptors (Lipinski definition) is 9. The van der Waals surface area contributed by atoms with Crippen LogP contribution in [0.1, 0.15) is 48.5 Å². The monoisotopic (exact) mass is 583 g/mol. The third-order valence-corrected chi connectivity index (χ3v) is 8.25. The quantitative estimate of drug-likeness (QED) is 0.259. The van der Waals surface area contributed by atoms with Crippen molar-refractivity contribution in [1.29, 1.82) is 0 Å². The molecule has 0 radical (unpaired) electrons. The zero-order valence-electron chi connectivity index (χ0n) is 18.2. The first-order valence-corrected chi connectivity index (χ1v) is 11.8. The van der Waals surface area contributed by atoms with Crippen molar-refractivity contribution in [2.24, 2.45) is 29.4 Å². The number of carbonyl (C=O) groups is 6. The Labute approximate surface area is 207 Å². The van der Waals surface area contributed by atoms with Gasteiger partial charge in [0.25, 0.3) is 0 Å². The van der Waals surface area contributed by atoms with Crippen molar-refractivity contribution in [3.8, 4) is 5.75 Å². The fourth-order valence-electron chi connectivity index (χ4n) is 5.74. The molecular formula is C23H22INO9. The second-order valence-corrected chi connectivity index (χ2v) is 10.1. The van der Waals surface area contributed by atoms with E-state index in [0.717, 1.165) is 0 Å². The molecule has 1 aromatic carbocycles. The normalized spacial score (nSPS) is 34.7. The molecule has 11 heteroatoms. The number of phenols is 1. The molecule has 0 aromatic heterocycles. The third kappa shape index (κ3) is 3.16. The van der Waals surface area contributed by atoms with Gasteiger partial charge in [-0.3, -0.25) is 28.8 Å². The molecule has 3 aliphatic rings. The van der Waals surface area contributed by atoms with Crippen molar-refractivity contribution < 1.29 is 43.7 Å². The van der Waals surface area contributed by atoms with Crippen LogP contribution < -0.4 is 5.73 Å². The zero-order valence-corrected chi connectivity index (χ0v) is 20.4. The summed E-state index contributed by atoms with van der Waals surface area (Å²) >= 11 is 1.99. The van der Waals surface area contributed by atoms with E-state index in [1.807, 2.05) is 22.6 Å². The number of aliphatic hydroxyl groups is 1. The molecule has 10 nitrogen and oxygen atoms in total. The van der Waals surface area contributed by atoms with Gasteiger partial charge in [-0.2, -0.15) is 0 Å². The number of ketones is 4. The molecule has 2 fully saturated rings. The van der Waals surface area contributed by atoms with Crippen LogP contribution in [0.25, 0.3) is 0 Å². The van der Waals surface area contributed by atoms with Gasteiger partial charge < -0.3 is 20.7 Å². The van der Waals surface area contributed by atoms with Crippen LogP contribution in [-0.4, -0.2) is 56.9 Å². The van der Waals surface area contributed by atoms with Gasteiger partial charge in [0, 0.05) is 28.2 Å². The molecule has 3 aliphatic carbocycles. The number of ether oxygens (including phenoxy) is 1. The molecule has 4 N–H and O–H groups in total. The molecular weight excluding hydrogens is 561 g/mol. The van der Waals surface area contributed by atoms with Gasteiger partial charge in [-0.1, -0.05) is 13.8 Å². The van der Waals surface area contributed by atoms with E-state index in [9.17, 15) is 39.0 Å². The summed E-state index contributed by atoms with van der Waals surface area (Å²) in [6.45, 7) is 3.21. The predicted molar refractivity (Wildman–Crippen MR) is 121 cm³/mol. The number of hydrogen-bond donors (Lipinski definition) is 3. The molecule has 1 amide bonds. The van der Waals surface area contributed by atoms with Gasteiger partial charge in [0.1, 0.15) is 11.9 Å². The van der Waals surface area contributed by atoms with E-state index in [1.54, 1.807) is 13.0 Å². The summed E-state index contributed by atoms with van der Waals surface area (Å²) in [5, 5.41) is 21.9. The number of halogens is 1. The number of primary amides is 1. The van der Waals surface area contributed by atoms with Crippen LogP contribution in [0, 0.1) is 27.2 Å². The lowest BCUT2D eigenvalue weighted by Crippen LogP contribution is -2.73. The Balaban J connectivity index is 1.97. The maximum Gasteiger partial charge on any atom is 0.305 e. The second-order valence-electron chi connectivity index (χ2n) is 8.98. The Hall–Kier alpha value is -2.67. The average Bonchev–Trinajstić information content (AvgIpc) is 2.77. The topological polar surface area (TPSA) is 178 Å². The number of Topliss-reactive ketones (excluding diaryl/α,β-unsaturated/α-hetero) is 4. The molecule has 0 heterocycles. The van der Waals surface area contributed by atoms with Crippen molar-refractivity contribution in [2.75, 3.05) is 0 Å². The van der Waals surface area contributed by atoms with Crippen molar-refractivity contribution in [2.45, 2.75) is 44.3 Å². The lowest BCUT2D eigenvalue weighted by atomic mass is 9.50. The predicted octanol–water partition coefficient (Wildman–Crippen LogP) is 0.424. The maximum atomic E-state index is 13.7. The van der Waals surface area contributed by atoms with Crippen LogP contribution in [0.5, 0.6) is 5.75 Å². The highest BCUT2D eigenvalue weighted by molar-refractivity contribution is 14.1. The van der Waals surface area contributed by atoms with Crippen LogP contribution in [0.15, 0.2) is 12.1 Å². The van der Waals surface area contributed by atoms with E-state index in [-0.39, 0.29) is 17.7 Å². The van der Waals surface area contributed by atoms with Gasteiger partial charge >= 0.3 is 5.97 Å². The molecule has 34 heavy (non-hydrogen) atoms. The fourth-order valence-corrected chi connectivity index (χ4v) is 6.69. The number of nitrogens with two attached hydrogens (primary N) is 1. The summed E-state index contributed by atoms with van der Waals surface area (Å²) in [6.07, 6.45) is -2.04. The number of rotatable bonds is 3. The van der Waals surface area contributed by atoms with Crippen molar-refractivity contribution >= 4 is 57.6 Å². The minimum absolute atomic E-state index is 0.0734. The van der Waals surface area contributed by atoms with E-state index in [0.29, 0.717) is 9.13 Å². The first kappa shape index (κ1) is 24.5. The maximum absolute atomic E-state index is 13.7. The minimum atomic E-state index is -2.93. The van der Waals surface area contributed by atoms with Gasteiger partial charge in [0.05, 0.1) is 11.5 Å². The van der Waals surface area contributed by atoms with Gasteiger partial charge in [0.2, 0.25) is 5.91 Å². The Morgan fingerprint density at radius 1 is 1.21 bits per heavy atom. The van der Waals surface area contributed by atoms with Gasteiger partial charge in [-0.15, -0.1) is 0 Å². The molecule has 0 saturated heterocycles. The molecule has 7 atom stereocenters. The lowest BCUT2D eigenvalue weighted by Gasteiger charge is -2.53. The van der Waals surface area contributed by atoms with Gasteiger partial charge in [-0.25, -0.2) is 0 Å². The number of carbonyl (C=O) groups excluding carboxylic acids is 6. The number of amides is 1. The van der Waals surface area contributed by atoms with Crippen LogP contribution in [0.2, 0.25) is 0 Å². The summed E-state index contributed by atoms with van der Waals surface area (Å²) in [4.78, 5) is 77.3. The Bertz CT molecular complexity index is 1180. The Kier molecular flexibility index (Phi) is 5.91. The average molecular weight is 583 g/mol. The number of benzene rings is 1. The Morgan fingerprint density at radius 2 is 1.85 bits per heavy atom. The summed E-state index contributed by atoms with van der Waals surface area (Å²) < 4.78 is 6.23. The molecule has 0 bridgehead atoms. The van der Waals surface area contributed by atoms with Crippen LogP contribution >= 0.6 is 22.6 Å². The van der Waals surface area contributed by atoms with Crippen molar-refractivity contribution in [3.63, 3.8) is 0 Å². The first-order chi connectivity index (χ1) is 15.9. The summed E-state index contributed by atoms with van der Waals surface area (Å²) in [7, 11) is 0. The molecule has 2 saturated carbocycles. The summed E-state index contributed by atoms with van der Waals surface area (Å²) in [5.41, 5.74) is 2.61. The molecule has 180 valence electrons. The smallest absolute Gasteiger partial charge is 0.305 e. The van der Waals surface area contributed by atoms with Gasteiger partial charge in [-0.05, 0) is 46.2 Å². The van der Waals surface area contributed by atoms with Crippen molar-refractivity contribution in [3.05, 3.63) is 26.8 Å². The van der Waals surface area contributed by atoms with Gasteiger partial charge in [0.15, 0.2) is 34.7 Å². The fraction of sp³-hybridized carbons (Fsp3) is 0.478. The van der Waals surface area contributed by atoms with Crippen LogP contribution in [-0.2, 0) is 28.7 Å². The SMILES string of the molecule is CCC(=O)O[C@H]1[C@H]2C(C(=O)c3c(O)ccc(I)c3[C@@H]2C)C(=O)[C@]2(O)C(=O)C(C(N)=O)C(=O)C[C@H]12. The van der Waals surface area contributed by atoms with E-state index in [4.69, 9.17) is 10.5 Å². The first-order valence-electron chi connectivity index (χ1n) is 10.8. The number of phenolic OH excluding ortho intramolecular Hbond substituents is 1. The largest absolute Gasteiger partial charge is 0.507 e. The summed E-state index contributed by atoms with van der Waals surface area (Å²) in [6, 6.07) is 2.90. The van der Waals surface area contributed by atoms with E-state index in [1.165, 1.54) is 13.0 Å². The highest BCUT2D eigenvalue weighted by Gasteiger charge is 2.71. The molecule has 2 unspecified atom stereocenters. The van der Waals surface area contributed by atoms with Crippen molar-refractivity contribution in [1.82, 2.24) is 0 Å². The molecule has 1 aromatic rings. The zero-order chi connectivity index (χ0) is 25.3. The number of fused-ring (bicyclic) bond motifs is 3. The molecule has 4 rings (SSSR count). The molecule has 0 spiro atoms.